The van der Waals surface area contributed by atoms with Crippen molar-refractivity contribution in [3.8, 4) is 0 Å². The van der Waals surface area contributed by atoms with Crippen LogP contribution in [0, 0.1) is 5.82 Å². The molecule has 1 atom stereocenters. The highest BCUT2D eigenvalue weighted by Crippen LogP contribution is 2.36. The molecule has 7 heteroatoms. The highest BCUT2D eigenvalue weighted by molar-refractivity contribution is 7.08. The van der Waals surface area contributed by atoms with E-state index < -0.39 is 5.54 Å². The standard InChI is InChI=1S/C29H32FN3O2S/c1-21(34)31-29(24-6-4-7-25(30)19-24)12-16-32(17-13-29)14-10-27-26-8-3-2-5-22(26)9-15-33(27)28(35)23-11-18-36-20-23/h2-8,11,18-20,27H,9-10,12-17H2,1H3,(H,31,34). The Morgan fingerprint density at radius 2 is 1.89 bits per heavy atom. The number of likely N-dealkylation sites (tertiary alicyclic amines) is 1. The first kappa shape index (κ1) is 24.7. The number of hydrogen-bond acceptors (Lipinski definition) is 4. The Morgan fingerprint density at radius 3 is 2.61 bits per heavy atom. The van der Waals surface area contributed by atoms with Gasteiger partial charge in [-0.25, -0.2) is 4.39 Å². The van der Waals surface area contributed by atoms with Crippen LogP contribution in [-0.4, -0.2) is 47.8 Å². The van der Waals surface area contributed by atoms with Crippen molar-refractivity contribution < 1.29 is 14.0 Å². The quantitative estimate of drug-likeness (QED) is 0.505. The Kier molecular flexibility index (Phi) is 7.21. The maximum Gasteiger partial charge on any atom is 0.255 e. The average molecular weight is 506 g/mol. The van der Waals surface area contributed by atoms with Gasteiger partial charge in [0, 0.05) is 38.5 Å². The number of fused-ring (bicyclic) bond motifs is 1. The molecule has 0 saturated carbocycles. The van der Waals surface area contributed by atoms with Gasteiger partial charge in [0.1, 0.15) is 5.82 Å². The van der Waals surface area contributed by atoms with Gasteiger partial charge in [-0.05, 0) is 66.0 Å². The molecule has 188 valence electrons. The molecule has 2 amide bonds. The first-order valence-corrected chi connectivity index (χ1v) is 13.6. The molecule has 2 aromatic carbocycles. The third-order valence-corrected chi connectivity index (χ3v) is 8.35. The first-order chi connectivity index (χ1) is 17.4. The van der Waals surface area contributed by atoms with Crippen LogP contribution in [0.3, 0.4) is 0 Å². The Morgan fingerprint density at radius 1 is 1.08 bits per heavy atom. The molecule has 0 radical (unpaired) electrons. The summed E-state index contributed by atoms with van der Waals surface area (Å²) in [7, 11) is 0. The van der Waals surface area contributed by atoms with Crippen LogP contribution in [-0.2, 0) is 16.8 Å². The van der Waals surface area contributed by atoms with Crippen LogP contribution in [0.5, 0.6) is 0 Å². The lowest BCUT2D eigenvalue weighted by atomic mass is 9.80. The molecule has 0 spiro atoms. The molecule has 0 bridgehead atoms. The number of nitrogens with one attached hydrogen (secondary N) is 1. The number of piperidine rings is 1. The van der Waals surface area contributed by atoms with Crippen molar-refractivity contribution in [1.29, 1.82) is 0 Å². The number of hydrogen-bond donors (Lipinski definition) is 1. The molecule has 1 aromatic heterocycles. The van der Waals surface area contributed by atoms with E-state index in [1.807, 2.05) is 27.8 Å². The van der Waals surface area contributed by atoms with Gasteiger partial charge in [0.15, 0.2) is 0 Å². The van der Waals surface area contributed by atoms with Gasteiger partial charge in [0.25, 0.3) is 5.91 Å². The third kappa shape index (κ3) is 5.08. The molecule has 1 fully saturated rings. The fourth-order valence-electron chi connectivity index (χ4n) is 5.83. The Balaban J connectivity index is 1.30. The van der Waals surface area contributed by atoms with Crippen LogP contribution in [0.4, 0.5) is 4.39 Å². The summed E-state index contributed by atoms with van der Waals surface area (Å²) in [6.07, 6.45) is 3.16. The molecule has 1 saturated heterocycles. The Hall–Kier alpha value is -3.03. The second-order valence-electron chi connectivity index (χ2n) is 9.88. The van der Waals surface area contributed by atoms with Gasteiger partial charge in [0.2, 0.25) is 5.91 Å². The topological polar surface area (TPSA) is 52.7 Å². The minimum atomic E-state index is -0.553. The zero-order valence-corrected chi connectivity index (χ0v) is 21.4. The SMILES string of the molecule is CC(=O)NC1(c2cccc(F)c2)CCN(CCC2c3ccccc3CCN2C(=O)c2ccsc2)CC1. The van der Waals surface area contributed by atoms with Crippen LogP contribution >= 0.6 is 11.3 Å². The minimum absolute atomic E-state index is 0.0348. The van der Waals surface area contributed by atoms with E-state index in [2.05, 4.69) is 34.5 Å². The third-order valence-electron chi connectivity index (χ3n) is 7.66. The molecule has 36 heavy (non-hydrogen) atoms. The highest BCUT2D eigenvalue weighted by Gasteiger charge is 2.38. The van der Waals surface area contributed by atoms with Crippen molar-refractivity contribution >= 4 is 23.2 Å². The van der Waals surface area contributed by atoms with Crippen molar-refractivity contribution in [3.05, 3.63) is 93.4 Å². The Labute approximate surface area is 215 Å². The van der Waals surface area contributed by atoms with E-state index in [1.165, 1.54) is 24.1 Å². The lowest BCUT2D eigenvalue weighted by molar-refractivity contribution is -0.121. The number of nitrogens with zero attached hydrogens (tertiary/aromatic N) is 2. The second-order valence-corrected chi connectivity index (χ2v) is 10.7. The predicted molar refractivity (Wildman–Crippen MR) is 140 cm³/mol. The number of amides is 2. The molecule has 3 aromatic rings. The number of halogens is 1. The van der Waals surface area contributed by atoms with E-state index in [4.69, 9.17) is 0 Å². The number of rotatable bonds is 6. The van der Waals surface area contributed by atoms with E-state index >= 15 is 0 Å². The molecule has 0 aliphatic carbocycles. The maximum atomic E-state index is 14.0. The van der Waals surface area contributed by atoms with E-state index in [9.17, 15) is 14.0 Å². The van der Waals surface area contributed by atoms with Crippen LogP contribution in [0.1, 0.15) is 59.3 Å². The van der Waals surface area contributed by atoms with Crippen LogP contribution < -0.4 is 5.32 Å². The van der Waals surface area contributed by atoms with Gasteiger partial charge in [-0.15, -0.1) is 0 Å². The summed E-state index contributed by atoms with van der Waals surface area (Å²) in [6.45, 7) is 4.69. The monoisotopic (exact) mass is 505 g/mol. The lowest BCUT2D eigenvalue weighted by Gasteiger charge is -2.44. The molecule has 2 aliphatic heterocycles. The maximum absolute atomic E-state index is 14.0. The first-order valence-electron chi connectivity index (χ1n) is 12.6. The minimum Gasteiger partial charge on any atom is -0.347 e. The molecule has 5 rings (SSSR count). The van der Waals surface area contributed by atoms with Crippen molar-refractivity contribution in [2.45, 2.75) is 44.2 Å². The average Bonchev–Trinajstić information content (AvgIpc) is 3.42. The summed E-state index contributed by atoms with van der Waals surface area (Å²) in [5.74, 6) is -0.287. The van der Waals surface area contributed by atoms with Gasteiger partial charge < -0.3 is 15.1 Å². The summed E-state index contributed by atoms with van der Waals surface area (Å²) >= 11 is 1.55. The molecule has 1 unspecified atom stereocenters. The number of thiophene rings is 1. The normalized spacial score (nSPS) is 19.5. The molecular formula is C29H32FN3O2S. The summed E-state index contributed by atoms with van der Waals surface area (Å²) < 4.78 is 14.0. The fourth-order valence-corrected chi connectivity index (χ4v) is 6.46. The van der Waals surface area contributed by atoms with E-state index in [1.54, 1.807) is 23.5 Å². The molecule has 5 nitrogen and oxygen atoms in total. The van der Waals surface area contributed by atoms with Gasteiger partial charge >= 0.3 is 0 Å². The lowest BCUT2D eigenvalue weighted by Crippen LogP contribution is -2.53. The van der Waals surface area contributed by atoms with Crippen molar-refractivity contribution in [2.75, 3.05) is 26.2 Å². The van der Waals surface area contributed by atoms with Crippen molar-refractivity contribution in [1.82, 2.24) is 15.1 Å². The van der Waals surface area contributed by atoms with Gasteiger partial charge in [-0.1, -0.05) is 36.4 Å². The fraction of sp³-hybridized carbons (Fsp3) is 0.379. The van der Waals surface area contributed by atoms with Crippen LogP contribution in [0.2, 0.25) is 0 Å². The number of carbonyl (C=O) groups excluding carboxylic acids is 2. The van der Waals surface area contributed by atoms with E-state index in [0.29, 0.717) is 0 Å². The zero-order chi connectivity index (χ0) is 25.1. The second kappa shape index (κ2) is 10.5. The molecule has 1 N–H and O–H groups in total. The largest absolute Gasteiger partial charge is 0.347 e. The summed E-state index contributed by atoms with van der Waals surface area (Å²) in [5, 5.41) is 7.01. The molecule has 3 heterocycles. The van der Waals surface area contributed by atoms with E-state index in [0.717, 1.165) is 63.0 Å². The van der Waals surface area contributed by atoms with Crippen molar-refractivity contribution in [3.63, 3.8) is 0 Å². The summed E-state index contributed by atoms with van der Waals surface area (Å²) in [6, 6.07) is 17.0. The highest BCUT2D eigenvalue weighted by atomic mass is 32.1. The number of carbonyl (C=O) groups is 2. The Bertz CT molecular complexity index is 1220. The van der Waals surface area contributed by atoms with Gasteiger partial charge in [-0.3, -0.25) is 9.59 Å². The molecular weight excluding hydrogens is 473 g/mol. The van der Waals surface area contributed by atoms with Crippen molar-refractivity contribution in [2.24, 2.45) is 0 Å². The smallest absolute Gasteiger partial charge is 0.255 e. The van der Waals surface area contributed by atoms with Gasteiger partial charge in [0.05, 0.1) is 17.1 Å². The summed E-state index contributed by atoms with van der Waals surface area (Å²) in [5.41, 5.74) is 3.61. The van der Waals surface area contributed by atoms with E-state index in [-0.39, 0.29) is 23.7 Å². The molecule has 2 aliphatic rings. The summed E-state index contributed by atoms with van der Waals surface area (Å²) in [4.78, 5) is 29.9. The zero-order valence-electron chi connectivity index (χ0n) is 20.6. The predicted octanol–water partition coefficient (Wildman–Crippen LogP) is 5.14. The van der Waals surface area contributed by atoms with Crippen LogP contribution in [0.15, 0.2) is 65.4 Å². The van der Waals surface area contributed by atoms with Crippen LogP contribution in [0.25, 0.3) is 0 Å². The number of benzene rings is 2. The van der Waals surface area contributed by atoms with Gasteiger partial charge in [-0.2, -0.15) is 11.3 Å².